The third kappa shape index (κ3) is 8.06. The largest absolute Gasteiger partial charge is 0.505 e. The normalized spacial score (nSPS) is 14.2. The number of likely N-dealkylation sites (tertiary alicyclic amines) is 1. The Kier molecular flexibility index (Phi) is 12.5. The lowest BCUT2D eigenvalue weighted by Gasteiger charge is -2.49. The molecule has 7 heteroatoms. The number of carbonyl (C=O) groups excluding carboxylic acids is 2. The van der Waals surface area contributed by atoms with Gasteiger partial charge in [0, 0.05) is 12.7 Å². The zero-order valence-electron chi connectivity index (χ0n) is 36.1. The number of aldehydes is 1. The van der Waals surface area contributed by atoms with Gasteiger partial charge in [-0.3, -0.25) is 14.6 Å². The Balaban J connectivity index is 1.52. The molecule has 1 aromatic heterocycles. The molecule has 312 valence electrons. The van der Waals surface area contributed by atoms with Crippen molar-refractivity contribution in [3.05, 3.63) is 192 Å². The molecule has 0 unspecified atom stereocenters. The molecule has 8 rings (SSSR count). The van der Waals surface area contributed by atoms with Crippen LogP contribution >= 0.6 is 0 Å². The van der Waals surface area contributed by atoms with E-state index in [2.05, 4.69) is 159 Å². The number of aromatic hydroxyl groups is 1. The molecule has 6 nitrogen and oxygen atoms in total. The van der Waals surface area contributed by atoms with E-state index in [0.29, 0.717) is 24.9 Å². The van der Waals surface area contributed by atoms with Gasteiger partial charge in [0.05, 0.1) is 22.9 Å². The second-order valence-corrected chi connectivity index (χ2v) is 21.1. The second-order valence-electron chi connectivity index (χ2n) is 16.4. The van der Waals surface area contributed by atoms with E-state index < -0.39 is 20.0 Å². The number of benzene rings is 6. The smallest absolute Gasteiger partial charge is 0.256 e. The van der Waals surface area contributed by atoms with Crippen LogP contribution in [0.3, 0.4) is 0 Å². The number of hydrogen-bond donors (Lipinski definition) is 1. The lowest BCUT2D eigenvalue weighted by atomic mass is 9.75. The second kappa shape index (κ2) is 18.3. The van der Waals surface area contributed by atoms with E-state index in [9.17, 15) is 9.90 Å². The Morgan fingerprint density at radius 3 is 1.45 bits per heavy atom. The maximum Gasteiger partial charge on any atom is 0.256 e. The Labute approximate surface area is 367 Å². The fraction of sp³-hybridized carbons (Fsp3) is 0.218. The minimum atomic E-state index is -2.60. The highest BCUT2D eigenvalue weighted by Crippen LogP contribution is 2.51. The summed E-state index contributed by atoms with van der Waals surface area (Å²) in [4.78, 5) is 34.3. The summed E-state index contributed by atoms with van der Waals surface area (Å²) in [5.41, 5.74) is 9.51. The van der Waals surface area contributed by atoms with Crippen LogP contribution in [-0.4, -0.2) is 48.1 Å². The quantitative estimate of drug-likeness (QED) is 0.0872. The van der Waals surface area contributed by atoms with E-state index in [4.69, 9.17) is 4.43 Å². The first-order valence-corrected chi connectivity index (χ1v) is 24.4. The molecular formula is C55H54N2O4Si. The van der Waals surface area contributed by atoms with E-state index in [0.717, 1.165) is 80.2 Å². The van der Waals surface area contributed by atoms with Crippen LogP contribution in [0.2, 0.25) is 18.1 Å². The van der Waals surface area contributed by atoms with Gasteiger partial charge in [0.15, 0.2) is 14.6 Å². The van der Waals surface area contributed by atoms with Crippen molar-refractivity contribution >= 4 is 20.5 Å². The van der Waals surface area contributed by atoms with Crippen molar-refractivity contribution in [1.29, 1.82) is 0 Å². The van der Waals surface area contributed by atoms with E-state index >= 15 is 4.79 Å². The van der Waals surface area contributed by atoms with Gasteiger partial charge in [-0.2, -0.15) is 0 Å². The van der Waals surface area contributed by atoms with Crippen LogP contribution in [0.4, 0.5) is 0 Å². The molecule has 0 spiro atoms. The maximum absolute atomic E-state index is 15.3. The number of aromatic nitrogens is 1. The summed E-state index contributed by atoms with van der Waals surface area (Å²) in [6, 6.07) is 57.6. The van der Waals surface area contributed by atoms with Crippen molar-refractivity contribution in [1.82, 2.24) is 9.88 Å². The molecule has 1 amide bonds. The third-order valence-electron chi connectivity index (χ3n) is 13.1. The van der Waals surface area contributed by atoms with E-state index in [1.54, 1.807) is 6.92 Å². The number of rotatable bonds is 14. The van der Waals surface area contributed by atoms with Crippen LogP contribution < -0.4 is 0 Å². The number of amides is 1. The van der Waals surface area contributed by atoms with Gasteiger partial charge >= 0.3 is 0 Å². The molecule has 1 atom stereocenters. The molecule has 0 bridgehead atoms. The Bertz CT molecular complexity index is 2420. The summed E-state index contributed by atoms with van der Waals surface area (Å²) in [6.07, 6.45) is 3.37. The van der Waals surface area contributed by atoms with Gasteiger partial charge in [-0.1, -0.05) is 142 Å². The average Bonchev–Trinajstić information content (AvgIpc) is 3.84. The summed E-state index contributed by atoms with van der Waals surface area (Å²) in [5.74, 6) is -0.628. The Morgan fingerprint density at radius 1 is 0.677 bits per heavy atom. The standard InChI is InChI=1S/C55H54N2O4Si/c1-5-62(6-2,7-3)61-55(52-29-20-30-57(52)54(60)50-37-56-39(4)53(59)51(50)38-58,48-33-44(40-21-12-8-13-22-40)31-45(34-48)41-23-14-9-15-24-41)49-35-46(42-25-16-10-17-26-42)32-47(36-49)43-27-18-11-19-28-43/h8-19,21-28,31-38,52,59H,5-7,20,29-30H2,1-4H3/t52-/m0/s1. The molecule has 2 heterocycles. The van der Waals surface area contributed by atoms with Gasteiger partial charge in [0.25, 0.3) is 5.91 Å². The topological polar surface area (TPSA) is 79.7 Å². The molecule has 7 aromatic rings. The van der Waals surface area contributed by atoms with Crippen molar-refractivity contribution in [2.45, 2.75) is 70.3 Å². The maximum atomic E-state index is 15.3. The average molecular weight is 835 g/mol. The van der Waals surface area contributed by atoms with Crippen LogP contribution in [0.25, 0.3) is 44.5 Å². The molecule has 1 N–H and O–H groups in total. The summed E-state index contributed by atoms with van der Waals surface area (Å²) in [7, 11) is -2.60. The molecular weight excluding hydrogens is 781 g/mol. The SMILES string of the molecule is CC[Si](CC)(CC)OC(c1cc(-c2ccccc2)cc(-c2ccccc2)c1)(c1cc(-c2ccccc2)cc(-c2ccccc2)c1)[C@@H]1CCCN1C(=O)c1cnc(C)c(O)c1C=O. The summed E-state index contributed by atoms with van der Waals surface area (Å²) >= 11 is 0. The molecule has 1 aliphatic heterocycles. The fourth-order valence-electron chi connectivity index (χ4n) is 9.41. The van der Waals surface area contributed by atoms with E-state index in [1.165, 1.54) is 6.20 Å². The van der Waals surface area contributed by atoms with Gasteiger partial charge < -0.3 is 14.4 Å². The molecule has 0 radical (unpaired) electrons. The minimum absolute atomic E-state index is 0.0473. The minimum Gasteiger partial charge on any atom is -0.505 e. The lowest BCUT2D eigenvalue weighted by Crippen LogP contribution is -2.57. The highest BCUT2D eigenvalue weighted by Gasteiger charge is 2.54. The fourth-order valence-corrected chi connectivity index (χ4v) is 12.4. The first-order valence-electron chi connectivity index (χ1n) is 21.9. The Morgan fingerprint density at radius 2 is 1.08 bits per heavy atom. The summed E-state index contributed by atoms with van der Waals surface area (Å²) in [6.45, 7) is 8.83. The van der Waals surface area contributed by atoms with Gasteiger partial charge in [-0.15, -0.1) is 0 Å². The number of pyridine rings is 1. The van der Waals surface area contributed by atoms with Gasteiger partial charge in [-0.25, -0.2) is 0 Å². The van der Waals surface area contributed by atoms with Crippen LogP contribution in [0.1, 0.15) is 71.1 Å². The van der Waals surface area contributed by atoms with E-state index in [1.807, 2.05) is 29.2 Å². The molecule has 1 fully saturated rings. The highest BCUT2D eigenvalue weighted by molar-refractivity contribution is 6.73. The molecule has 6 aromatic carbocycles. The monoisotopic (exact) mass is 834 g/mol. The van der Waals surface area contributed by atoms with Crippen LogP contribution in [0, 0.1) is 6.92 Å². The predicted molar refractivity (Wildman–Crippen MR) is 254 cm³/mol. The van der Waals surface area contributed by atoms with Gasteiger partial charge in [0.2, 0.25) is 0 Å². The summed E-state index contributed by atoms with van der Waals surface area (Å²) < 4.78 is 8.32. The first kappa shape index (κ1) is 42.3. The number of hydrogen-bond acceptors (Lipinski definition) is 5. The first-order chi connectivity index (χ1) is 30.2. The van der Waals surface area contributed by atoms with Crippen molar-refractivity contribution < 1.29 is 19.1 Å². The lowest BCUT2D eigenvalue weighted by molar-refractivity contribution is 0.01000. The molecule has 0 saturated carbocycles. The van der Waals surface area contributed by atoms with Gasteiger partial charge in [0.1, 0.15) is 11.4 Å². The molecule has 1 aliphatic rings. The molecule has 1 saturated heterocycles. The van der Waals surface area contributed by atoms with Crippen LogP contribution in [0.5, 0.6) is 5.75 Å². The van der Waals surface area contributed by atoms with Crippen molar-refractivity contribution in [3.63, 3.8) is 0 Å². The molecule has 62 heavy (non-hydrogen) atoms. The predicted octanol–water partition coefficient (Wildman–Crippen LogP) is 13.1. The van der Waals surface area contributed by atoms with Crippen molar-refractivity contribution in [2.75, 3.05) is 6.54 Å². The highest BCUT2D eigenvalue weighted by atomic mass is 28.4. The number of carbonyl (C=O) groups is 2. The van der Waals surface area contributed by atoms with Crippen molar-refractivity contribution in [2.24, 2.45) is 0 Å². The third-order valence-corrected chi connectivity index (χ3v) is 17.7. The summed E-state index contributed by atoms with van der Waals surface area (Å²) in [5, 5.41) is 11.1. The number of aryl methyl sites for hydroxylation is 1. The Hall–Kier alpha value is -6.41. The van der Waals surface area contributed by atoms with E-state index in [-0.39, 0.29) is 22.8 Å². The zero-order valence-corrected chi connectivity index (χ0v) is 37.1. The van der Waals surface area contributed by atoms with Crippen molar-refractivity contribution in [3.8, 4) is 50.3 Å². The molecule has 0 aliphatic carbocycles. The van der Waals surface area contributed by atoms with Crippen LogP contribution in [0.15, 0.2) is 164 Å². The zero-order chi connectivity index (χ0) is 43.3. The van der Waals surface area contributed by atoms with Crippen LogP contribution in [-0.2, 0) is 10.0 Å². The van der Waals surface area contributed by atoms with Gasteiger partial charge in [-0.05, 0) is 130 Å². The number of nitrogens with zero attached hydrogens (tertiary/aromatic N) is 2.